The molecule has 2 aliphatic rings. The largest absolute Gasteiger partial charge is 0.472 e. The molecule has 1 amide bonds. The lowest BCUT2D eigenvalue weighted by Crippen LogP contribution is -2.31. The van der Waals surface area contributed by atoms with Crippen LogP contribution in [0.3, 0.4) is 0 Å². The van der Waals surface area contributed by atoms with Gasteiger partial charge in [-0.2, -0.15) is 0 Å². The van der Waals surface area contributed by atoms with Crippen LogP contribution >= 0.6 is 0 Å². The zero-order chi connectivity index (χ0) is 14.8. The Morgan fingerprint density at radius 3 is 2.52 bits per heavy atom. The van der Waals surface area contributed by atoms with Crippen molar-refractivity contribution in [1.82, 2.24) is 4.90 Å². The molecule has 0 bridgehead atoms. The van der Waals surface area contributed by atoms with Crippen LogP contribution < -0.4 is 0 Å². The SMILES string of the molecule is O=C(O)C#CC1[C@H]2CN(C(=O)OCc3ccccc3)C[C@@H]12. The number of carboxylic acid groups (broad SMARTS) is 1. The van der Waals surface area contributed by atoms with E-state index in [4.69, 9.17) is 9.84 Å². The number of carbonyl (C=O) groups is 2. The van der Waals surface area contributed by atoms with Gasteiger partial charge in [0.15, 0.2) is 0 Å². The van der Waals surface area contributed by atoms with E-state index in [9.17, 15) is 9.59 Å². The molecule has 1 aromatic carbocycles. The molecule has 1 saturated carbocycles. The number of amides is 1. The summed E-state index contributed by atoms with van der Waals surface area (Å²) in [6, 6.07) is 9.54. The van der Waals surface area contributed by atoms with Gasteiger partial charge in [0.2, 0.25) is 0 Å². The summed E-state index contributed by atoms with van der Waals surface area (Å²) >= 11 is 0. The maximum Gasteiger partial charge on any atom is 0.410 e. The molecule has 21 heavy (non-hydrogen) atoms. The van der Waals surface area contributed by atoms with E-state index in [0.717, 1.165) is 5.56 Å². The molecule has 0 radical (unpaired) electrons. The van der Waals surface area contributed by atoms with Crippen molar-refractivity contribution in [2.75, 3.05) is 13.1 Å². The van der Waals surface area contributed by atoms with E-state index < -0.39 is 5.97 Å². The highest BCUT2D eigenvalue weighted by atomic mass is 16.6. The number of fused-ring (bicyclic) bond motifs is 1. The van der Waals surface area contributed by atoms with Crippen molar-refractivity contribution in [3.05, 3.63) is 35.9 Å². The maximum absolute atomic E-state index is 11.9. The van der Waals surface area contributed by atoms with Crippen molar-refractivity contribution < 1.29 is 19.4 Å². The van der Waals surface area contributed by atoms with Crippen LogP contribution in [0.4, 0.5) is 4.79 Å². The second-order valence-corrected chi connectivity index (χ2v) is 5.37. The first-order valence-corrected chi connectivity index (χ1v) is 6.85. The van der Waals surface area contributed by atoms with Crippen molar-refractivity contribution in [3.63, 3.8) is 0 Å². The maximum atomic E-state index is 11.9. The summed E-state index contributed by atoms with van der Waals surface area (Å²) in [5.74, 6) is 4.55. The molecule has 108 valence electrons. The van der Waals surface area contributed by atoms with E-state index in [1.807, 2.05) is 30.3 Å². The van der Waals surface area contributed by atoms with Gasteiger partial charge in [-0.3, -0.25) is 0 Å². The minimum atomic E-state index is -1.10. The number of hydrogen-bond donors (Lipinski definition) is 1. The molecule has 1 unspecified atom stereocenters. The normalized spacial score (nSPS) is 25.5. The Morgan fingerprint density at radius 1 is 1.24 bits per heavy atom. The lowest BCUT2D eigenvalue weighted by atomic mass is 10.2. The van der Waals surface area contributed by atoms with Gasteiger partial charge in [0.25, 0.3) is 0 Å². The first-order valence-electron chi connectivity index (χ1n) is 6.85. The highest BCUT2D eigenvalue weighted by Crippen LogP contribution is 2.51. The number of hydrogen-bond acceptors (Lipinski definition) is 3. The highest BCUT2D eigenvalue weighted by Gasteiger charge is 2.56. The molecule has 0 aromatic heterocycles. The monoisotopic (exact) mass is 285 g/mol. The smallest absolute Gasteiger partial charge is 0.410 e. The van der Waals surface area contributed by atoms with Gasteiger partial charge < -0.3 is 14.7 Å². The highest BCUT2D eigenvalue weighted by molar-refractivity contribution is 5.86. The number of rotatable bonds is 2. The first kappa shape index (κ1) is 13.5. The Hall–Kier alpha value is -2.48. The second kappa shape index (κ2) is 5.49. The van der Waals surface area contributed by atoms with Crippen molar-refractivity contribution in [2.24, 2.45) is 17.8 Å². The zero-order valence-electron chi connectivity index (χ0n) is 11.4. The predicted molar refractivity (Wildman–Crippen MR) is 74.1 cm³/mol. The standard InChI is InChI=1S/C16H15NO4/c18-15(19)7-6-12-13-8-17(9-14(12)13)16(20)21-10-11-4-2-1-3-5-11/h1-5,12-14H,8-10H2,(H,18,19)/t12?,13-,14+. The van der Waals surface area contributed by atoms with Crippen LogP contribution in [0.2, 0.25) is 0 Å². The molecule has 0 spiro atoms. The van der Waals surface area contributed by atoms with E-state index in [1.54, 1.807) is 4.90 Å². The molecule has 1 aliphatic heterocycles. The Kier molecular flexibility index (Phi) is 3.53. The van der Waals surface area contributed by atoms with E-state index in [1.165, 1.54) is 0 Å². The summed E-state index contributed by atoms with van der Waals surface area (Å²) in [4.78, 5) is 24.0. The van der Waals surface area contributed by atoms with Gasteiger partial charge in [-0.05, 0) is 17.4 Å². The molecular weight excluding hydrogens is 270 g/mol. The third kappa shape index (κ3) is 3.00. The third-order valence-electron chi connectivity index (χ3n) is 4.00. The van der Waals surface area contributed by atoms with Gasteiger partial charge in [0, 0.05) is 24.9 Å². The summed E-state index contributed by atoms with van der Waals surface area (Å²) in [5.41, 5.74) is 0.959. The minimum Gasteiger partial charge on any atom is -0.472 e. The number of ether oxygens (including phenoxy) is 1. The Balaban J connectivity index is 1.46. The van der Waals surface area contributed by atoms with Crippen LogP contribution in [-0.4, -0.2) is 35.2 Å². The van der Waals surface area contributed by atoms with Crippen LogP contribution in [-0.2, 0) is 16.1 Å². The van der Waals surface area contributed by atoms with Crippen molar-refractivity contribution in [2.45, 2.75) is 6.61 Å². The van der Waals surface area contributed by atoms with Crippen LogP contribution in [0, 0.1) is 29.6 Å². The van der Waals surface area contributed by atoms with Crippen LogP contribution in [0.15, 0.2) is 30.3 Å². The van der Waals surface area contributed by atoms with Crippen molar-refractivity contribution in [1.29, 1.82) is 0 Å². The van der Waals surface area contributed by atoms with Gasteiger partial charge in [0.1, 0.15) is 6.61 Å². The second-order valence-electron chi connectivity index (χ2n) is 5.37. The van der Waals surface area contributed by atoms with Gasteiger partial charge >= 0.3 is 12.1 Å². The Bertz CT molecular complexity index is 604. The molecule has 2 fully saturated rings. The lowest BCUT2D eigenvalue weighted by molar-refractivity contribution is -0.130. The quantitative estimate of drug-likeness (QED) is 0.838. The molecule has 1 saturated heterocycles. The fourth-order valence-corrected chi connectivity index (χ4v) is 2.85. The molecule has 1 aromatic rings. The number of aliphatic carboxylic acids is 1. The number of benzene rings is 1. The molecule has 5 heteroatoms. The zero-order valence-corrected chi connectivity index (χ0v) is 11.4. The predicted octanol–water partition coefficient (Wildman–Crippen LogP) is 1.59. The third-order valence-corrected chi connectivity index (χ3v) is 4.00. The average Bonchev–Trinajstić information content (AvgIpc) is 2.93. The van der Waals surface area contributed by atoms with Gasteiger partial charge in [-0.25, -0.2) is 9.59 Å². The first-order chi connectivity index (χ1) is 10.1. The summed E-state index contributed by atoms with van der Waals surface area (Å²) in [6.45, 7) is 1.49. The molecular formula is C16H15NO4. The Labute approximate surface area is 122 Å². The number of carbonyl (C=O) groups excluding carboxylic acids is 1. The summed E-state index contributed by atoms with van der Waals surface area (Å²) in [5, 5.41) is 8.51. The number of likely N-dealkylation sites (tertiary alicyclic amines) is 1. The number of nitrogens with zero attached hydrogens (tertiary/aromatic N) is 1. The summed E-state index contributed by atoms with van der Waals surface area (Å²) in [6.07, 6.45) is -0.309. The van der Waals surface area contributed by atoms with E-state index in [2.05, 4.69) is 11.8 Å². The Morgan fingerprint density at radius 2 is 1.90 bits per heavy atom. The average molecular weight is 285 g/mol. The molecule has 1 heterocycles. The topological polar surface area (TPSA) is 66.8 Å². The van der Waals surface area contributed by atoms with E-state index in [0.29, 0.717) is 24.9 Å². The molecule has 1 aliphatic carbocycles. The van der Waals surface area contributed by atoms with Crippen molar-refractivity contribution in [3.8, 4) is 11.8 Å². The molecule has 3 atom stereocenters. The van der Waals surface area contributed by atoms with Crippen LogP contribution in [0.5, 0.6) is 0 Å². The molecule has 1 N–H and O–H groups in total. The van der Waals surface area contributed by atoms with Gasteiger partial charge in [-0.15, -0.1) is 0 Å². The minimum absolute atomic E-state index is 0.124. The summed E-state index contributed by atoms with van der Waals surface area (Å²) in [7, 11) is 0. The molecule has 3 rings (SSSR count). The van der Waals surface area contributed by atoms with E-state index in [-0.39, 0.29) is 18.6 Å². The fraction of sp³-hybridized carbons (Fsp3) is 0.375. The van der Waals surface area contributed by atoms with Crippen LogP contribution in [0.1, 0.15) is 5.56 Å². The van der Waals surface area contributed by atoms with E-state index >= 15 is 0 Å². The van der Waals surface area contributed by atoms with Gasteiger partial charge in [0.05, 0.1) is 0 Å². The van der Waals surface area contributed by atoms with Crippen LogP contribution in [0.25, 0.3) is 0 Å². The number of carboxylic acids is 1. The van der Waals surface area contributed by atoms with Gasteiger partial charge in [-0.1, -0.05) is 36.3 Å². The lowest BCUT2D eigenvalue weighted by Gasteiger charge is -2.18. The number of piperidine rings is 1. The summed E-state index contributed by atoms with van der Waals surface area (Å²) < 4.78 is 5.27. The molecule has 5 nitrogen and oxygen atoms in total. The fourth-order valence-electron chi connectivity index (χ4n) is 2.85. The van der Waals surface area contributed by atoms with Crippen molar-refractivity contribution >= 4 is 12.1 Å².